The molecule has 0 saturated heterocycles. The zero-order valence-corrected chi connectivity index (χ0v) is 11.1. The highest BCUT2D eigenvalue weighted by atomic mass is 79.9. The number of furan rings is 1. The van der Waals surface area contributed by atoms with E-state index in [1.54, 1.807) is 13.0 Å². The standard InChI is InChI=1S/C12H8BrClF2O/c1-6-4-8(10(16)5-9(6)15)11(14)7-2-3-17-12(7)13/h2-5,11H,1H3. The van der Waals surface area contributed by atoms with Crippen LogP contribution >= 0.6 is 27.5 Å². The predicted octanol–water partition coefficient (Wildman–Crippen LogP) is 4.96. The minimum atomic E-state index is -0.720. The van der Waals surface area contributed by atoms with Gasteiger partial charge in [0.25, 0.3) is 0 Å². The maximum atomic E-state index is 13.6. The van der Waals surface area contributed by atoms with E-state index in [4.69, 9.17) is 16.0 Å². The van der Waals surface area contributed by atoms with Crippen molar-refractivity contribution in [2.24, 2.45) is 0 Å². The van der Waals surface area contributed by atoms with Gasteiger partial charge in [-0.1, -0.05) is 0 Å². The van der Waals surface area contributed by atoms with Gasteiger partial charge in [-0.2, -0.15) is 0 Å². The van der Waals surface area contributed by atoms with E-state index in [2.05, 4.69) is 15.9 Å². The Kier molecular flexibility index (Phi) is 3.54. The summed E-state index contributed by atoms with van der Waals surface area (Å²) in [5.41, 5.74) is 1.19. The van der Waals surface area contributed by atoms with E-state index in [1.807, 2.05) is 0 Å². The summed E-state index contributed by atoms with van der Waals surface area (Å²) in [5, 5.41) is -0.720. The highest BCUT2D eigenvalue weighted by Gasteiger charge is 2.20. The van der Waals surface area contributed by atoms with Gasteiger partial charge >= 0.3 is 0 Å². The topological polar surface area (TPSA) is 13.1 Å². The zero-order valence-electron chi connectivity index (χ0n) is 8.81. The van der Waals surface area contributed by atoms with Crippen molar-refractivity contribution in [2.75, 3.05) is 0 Å². The van der Waals surface area contributed by atoms with Crippen molar-refractivity contribution in [3.63, 3.8) is 0 Å². The van der Waals surface area contributed by atoms with E-state index >= 15 is 0 Å². The van der Waals surface area contributed by atoms with Gasteiger partial charge in [-0.3, -0.25) is 0 Å². The lowest BCUT2D eigenvalue weighted by Crippen LogP contribution is -1.99. The molecule has 1 heterocycles. The second-order valence-electron chi connectivity index (χ2n) is 3.64. The van der Waals surface area contributed by atoms with E-state index in [9.17, 15) is 8.78 Å². The molecular weight excluding hydrogens is 313 g/mol. The summed E-state index contributed by atoms with van der Waals surface area (Å²) in [6.07, 6.45) is 1.45. The first kappa shape index (κ1) is 12.6. The number of rotatable bonds is 2. The summed E-state index contributed by atoms with van der Waals surface area (Å²) in [6, 6.07) is 3.88. The van der Waals surface area contributed by atoms with Crippen molar-refractivity contribution in [3.8, 4) is 0 Å². The number of alkyl halides is 1. The molecule has 0 N–H and O–H groups in total. The molecule has 2 rings (SSSR count). The molecule has 0 bridgehead atoms. The molecule has 2 aromatic rings. The Bertz CT molecular complexity index is 553. The molecule has 0 fully saturated rings. The Labute approximate surface area is 111 Å². The van der Waals surface area contributed by atoms with Gasteiger partial charge in [0, 0.05) is 17.2 Å². The fourth-order valence-electron chi connectivity index (χ4n) is 1.53. The predicted molar refractivity (Wildman–Crippen MR) is 65.2 cm³/mol. The fourth-order valence-corrected chi connectivity index (χ4v) is 2.47. The molecule has 1 nitrogen and oxygen atoms in total. The number of aryl methyl sites for hydroxylation is 1. The average Bonchev–Trinajstić information content (AvgIpc) is 2.69. The SMILES string of the molecule is Cc1cc(C(Cl)c2ccoc2Br)c(F)cc1F. The van der Waals surface area contributed by atoms with Crippen LogP contribution in [0.2, 0.25) is 0 Å². The van der Waals surface area contributed by atoms with Gasteiger partial charge in [-0.15, -0.1) is 11.6 Å². The summed E-state index contributed by atoms with van der Waals surface area (Å²) >= 11 is 9.33. The van der Waals surface area contributed by atoms with Crippen molar-refractivity contribution in [1.82, 2.24) is 0 Å². The lowest BCUT2D eigenvalue weighted by molar-refractivity contribution is 0.536. The molecule has 1 atom stereocenters. The molecular formula is C12H8BrClF2O. The second kappa shape index (κ2) is 4.78. The van der Waals surface area contributed by atoms with Crippen LogP contribution in [0.3, 0.4) is 0 Å². The van der Waals surface area contributed by atoms with Gasteiger partial charge < -0.3 is 4.42 Å². The van der Waals surface area contributed by atoms with Crippen LogP contribution in [0.25, 0.3) is 0 Å². The van der Waals surface area contributed by atoms with Gasteiger partial charge in [0.15, 0.2) is 4.67 Å². The lowest BCUT2D eigenvalue weighted by Gasteiger charge is -2.11. The zero-order chi connectivity index (χ0) is 12.6. The van der Waals surface area contributed by atoms with E-state index < -0.39 is 17.0 Å². The number of hydrogen-bond donors (Lipinski definition) is 0. The largest absolute Gasteiger partial charge is 0.457 e. The van der Waals surface area contributed by atoms with Crippen LogP contribution in [0.4, 0.5) is 8.78 Å². The van der Waals surface area contributed by atoms with Crippen LogP contribution < -0.4 is 0 Å². The Morgan fingerprint density at radius 1 is 1.24 bits per heavy atom. The first-order valence-corrected chi connectivity index (χ1v) is 6.06. The van der Waals surface area contributed by atoms with Crippen molar-refractivity contribution < 1.29 is 13.2 Å². The Hall–Kier alpha value is -0.870. The minimum absolute atomic E-state index is 0.229. The average molecular weight is 322 g/mol. The normalized spacial score (nSPS) is 12.8. The van der Waals surface area contributed by atoms with Crippen molar-refractivity contribution in [1.29, 1.82) is 0 Å². The van der Waals surface area contributed by atoms with Gasteiger partial charge in [0.1, 0.15) is 11.6 Å². The van der Waals surface area contributed by atoms with Crippen LogP contribution in [0.5, 0.6) is 0 Å². The molecule has 0 spiro atoms. The van der Waals surface area contributed by atoms with Crippen LogP contribution in [0.15, 0.2) is 33.5 Å². The molecule has 0 aliphatic heterocycles. The Balaban J connectivity index is 2.48. The molecule has 1 aromatic heterocycles. The molecule has 90 valence electrons. The van der Waals surface area contributed by atoms with Crippen LogP contribution in [0.1, 0.15) is 22.1 Å². The number of hydrogen-bond acceptors (Lipinski definition) is 1. The summed E-state index contributed by atoms with van der Waals surface area (Å²) in [7, 11) is 0. The summed E-state index contributed by atoms with van der Waals surface area (Å²) < 4.78 is 32.2. The van der Waals surface area contributed by atoms with E-state index in [0.29, 0.717) is 15.8 Å². The maximum Gasteiger partial charge on any atom is 0.173 e. The molecule has 1 unspecified atom stereocenters. The summed E-state index contributed by atoms with van der Waals surface area (Å²) in [4.78, 5) is 0. The second-order valence-corrected chi connectivity index (χ2v) is 4.79. The van der Waals surface area contributed by atoms with E-state index in [0.717, 1.165) is 6.07 Å². The molecule has 0 radical (unpaired) electrons. The van der Waals surface area contributed by atoms with Crippen LogP contribution in [-0.2, 0) is 0 Å². The maximum absolute atomic E-state index is 13.6. The van der Waals surface area contributed by atoms with Crippen molar-refractivity contribution >= 4 is 27.5 Å². The molecule has 5 heteroatoms. The quantitative estimate of drug-likeness (QED) is 0.713. The van der Waals surface area contributed by atoms with Gasteiger partial charge in [0.05, 0.1) is 11.6 Å². The molecule has 0 saturated carbocycles. The van der Waals surface area contributed by atoms with Crippen LogP contribution in [-0.4, -0.2) is 0 Å². The van der Waals surface area contributed by atoms with Crippen molar-refractivity contribution in [2.45, 2.75) is 12.3 Å². The molecule has 17 heavy (non-hydrogen) atoms. The highest BCUT2D eigenvalue weighted by molar-refractivity contribution is 9.10. The molecule has 1 aromatic carbocycles. The molecule has 0 aliphatic rings. The smallest absolute Gasteiger partial charge is 0.173 e. The first-order chi connectivity index (χ1) is 8.00. The molecule has 0 amide bonds. The third kappa shape index (κ3) is 2.38. The Morgan fingerprint density at radius 3 is 2.53 bits per heavy atom. The summed E-state index contributed by atoms with van der Waals surface area (Å²) in [5.74, 6) is -1.25. The monoisotopic (exact) mass is 320 g/mol. The lowest BCUT2D eigenvalue weighted by atomic mass is 10.0. The summed E-state index contributed by atoms with van der Waals surface area (Å²) in [6.45, 7) is 1.56. The number of halogens is 4. The fraction of sp³-hybridized carbons (Fsp3) is 0.167. The van der Waals surface area contributed by atoms with Crippen molar-refractivity contribution in [3.05, 3.63) is 57.5 Å². The minimum Gasteiger partial charge on any atom is -0.457 e. The highest BCUT2D eigenvalue weighted by Crippen LogP contribution is 2.36. The first-order valence-electron chi connectivity index (χ1n) is 4.83. The van der Waals surface area contributed by atoms with E-state index in [1.165, 1.54) is 12.3 Å². The third-order valence-electron chi connectivity index (χ3n) is 2.47. The van der Waals surface area contributed by atoms with Gasteiger partial charge in [0.2, 0.25) is 0 Å². The van der Waals surface area contributed by atoms with E-state index in [-0.39, 0.29) is 5.56 Å². The third-order valence-corrected chi connectivity index (χ3v) is 3.59. The van der Waals surface area contributed by atoms with Crippen LogP contribution in [0, 0.1) is 18.6 Å². The molecule has 0 aliphatic carbocycles. The number of benzene rings is 1. The van der Waals surface area contributed by atoms with Gasteiger partial charge in [-0.05, 0) is 40.5 Å². The Morgan fingerprint density at radius 2 is 1.94 bits per heavy atom. The van der Waals surface area contributed by atoms with Gasteiger partial charge in [-0.25, -0.2) is 8.78 Å².